The van der Waals surface area contributed by atoms with Crippen LogP contribution in [0.5, 0.6) is 11.6 Å². The molecule has 4 atom stereocenters. The first-order valence-corrected chi connectivity index (χ1v) is 25.9. The highest BCUT2D eigenvalue weighted by Crippen LogP contribution is 2.34. The third-order valence-electron chi connectivity index (χ3n) is 13.9. The molecule has 7 rings (SSSR count). The Morgan fingerprint density at radius 3 is 2.32 bits per heavy atom. The second kappa shape index (κ2) is 24.2. The minimum absolute atomic E-state index is 0.0713. The lowest BCUT2D eigenvalue weighted by atomic mass is 9.91. The number of unbranched alkanes of at least 4 members (excludes halogenated alkanes) is 8. The summed E-state index contributed by atoms with van der Waals surface area (Å²) in [5.41, 5.74) is 20.4. The molecule has 2 saturated heterocycles. The number of ether oxygens (including phenoxy) is 1. The average Bonchev–Trinajstić information content (AvgIpc) is 4.14. The molecule has 2 aliphatic rings. The van der Waals surface area contributed by atoms with E-state index in [1.54, 1.807) is 29.5 Å². The van der Waals surface area contributed by atoms with Crippen LogP contribution in [0.2, 0.25) is 0 Å². The molecule has 69 heavy (non-hydrogen) atoms. The van der Waals surface area contributed by atoms with E-state index in [1.807, 2.05) is 87.3 Å². The first kappa shape index (κ1) is 51.1. The van der Waals surface area contributed by atoms with Crippen molar-refractivity contribution in [3.8, 4) is 22.1 Å². The molecule has 0 spiro atoms. The van der Waals surface area contributed by atoms with Crippen molar-refractivity contribution in [2.75, 3.05) is 38.5 Å². The van der Waals surface area contributed by atoms with E-state index in [4.69, 9.17) is 25.8 Å². The van der Waals surface area contributed by atoms with Crippen LogP contribution in [0.1, 0.15) is 150 Å². The highest BCUT2D eigenvalue weighted by atomic mass is 32.1. The summed E-state index contributed by atoms with van der Waals surface area (Å²) in [5.74, 6) is -0.00434. The predicted molar refractivity (Wildman–Crippen MR) is 272 cm³/mol. The van der Waals surface area contributed by atoms with Crippen LogP contribution in [0.15, 0.2) is 64.6 Å². The summed E-state index contributed by atoms with van der Waals surface area (Å²) in [6, 6.07) is 16.0. The molecule has 2 amide bonds. The first-order valence-electron chi connectivity index (χ1n) is 25.0. The van der Waals surface area contributed by atoms with E-state index in [1.165, 1.54) is 43.4 Å². The summed E-state index contributed by atoms with van der Waals surface area (Å²) in [6.45, 7) is 13.5. The topological polar surface area (TPSA) is 211 Å². The number of aliphatic hydroxyl groups is 1. The van der Waals surface area contributed by atoms with Gasteiger partial charge in [0.15, 0.2) is 5.76 Å². The quantitative estimate of drug-likeness (QED) is 0.0388. The maximum Gasteiger partial charge on any atom is 0.254 e. The number of anilines is 1. The molecule has 0 aliphatic carbocycles. The van der Waals surface area contributed by atoms with Gasteiger partial charge in [-0.1, -0.05) is 95.2 Å². The molecule has 0 unspecified atom stereocenters. The van der Waals surface area contributed by atoms with E-state index < -0.39 is 18.1 Å². The third-order valence-corrected chi connectivity index (χ3v) is 14.9. The molecule has 5 aromatic rings. The van der Waals surface area contributed by atoms with Gasteiger partial charge in [0.1, 0.15) is 23.5 Å². The Bertz CT molecular complexity index is 2470. The molecule has 5 heterocycles. The molecule has 2 aromatic carbocycles. The number of nitrogens with one attached hydrogen (secondary N) is 1. The number of thiazole rings is 1. The van der Waals surface area contributed by atoms with E-state index in [2.05, 4.69) is 20.4 Å². The first-order chi connectivity index (χ1) is 33.3. The molecule has 0 saturated carbocycles. The number of phenolic OH excluding ortho intramolecular Hbond substituents is 1. The number of nitrogen functional groups attached to an aromatic ring is 1. The molecule has 372 valence electrons. The van der Waals surface area contributed by atoms with E-state index in [0.717, 1.165) is 84.7 Å². The number of likely N-dealkylation sites (tertiary alicyclic amines) is 2. The number of aryl methyl sites for hydroxylation is 1. The number of para-hydroxylation sites is 1. The number of benzene rings is 2. The highest BCUT2D eigenvalue weighted by molar-refractivity contribution is 7.13. The normalized spacial score (nSPS) is 18.0. The maximum absolute atomic E-state index is 14.1. The molecule has 16 heteroatoms. The van der Waals surface area contributed by atoms with Gasteiger partial charge in [0.2, 0.25) is 11.8 Å². The number of carbonyl (C=O) groups excluding carboxylic acids is 2. The molecule has 0 bridgehead atoms. The Hall–Kier alpha value is -5.71. The van der Waals surface area contributed by atoms with E-state index >= 15 is 0 Å². The minimum Gasteiger partial charge on any atom is -0.507 e. The number of amides is 2. The Morgan fingerprint density at radius 2 is 1.65 bits per heavy atom. The lowest BCUT2D eigenvalue weighted by Crippen LogP contribution is -2.48. The van der Waals surface area contributed by atoms with Gasteiger partial charge < -0.3 is 46.1 Å². The molecule has 3 aromatic heterocycles. The van der Waals surface area contributed by atoms with Gasteiger partial charge in [0.05, 0.1) is 46.6 Å². The van der Waals surface area contributed by atoms with Crippen LogP contribution < -0.4 is 21.5 Å². The number of hydrogen-bond acceptors (Lipinski definition) is 13. The van der Waals surface area contributed by atoms with Crippen molar-refractivity contribution in [1.82, 2.24) is 35.0 Å². The summed E-state index contributed by atoms with van der Waals surface area (Å²) in [4.78, 5) is 37.3. The molecule has 0 radical (unpaired) electrons. The van der Waals surface area contributed by atoms with Gasteiger partial charge in [-0.3, -0.25) is 14.3 Å². The van der Waals surface area contributed by atoms with Gasteiger partial charge in [-0.25, -0.2) is 4.98 Å². The monoisotopic (exact) mass is 964 g/mol. The third kappa shape index (κ3) is 13.1. The van der Waals surface area contributed by atoms with Crippen LogP contribution in [0.25, 0.3) is 22.2 Å². The molecular weight excluding hydrogens is 891 g/mol. The minimum atomic E-state index is -0.807. The predicted octanol–water partition coefficient (Wildman–Crippen LogP) is 9.16. The fourth-order valence-corrected chi connectivity index (χ4v) is 10.6. The second-order valence-electron chi connectivity index (χ2n) is 19.4. The number of nitrogens with two attached hydrogens (primary N) is 2. The number of hydrogen-bond donors (Lipinski definition) is 5. The van der Waals surface area contributed by atoms with E-state index in [0.29, 0.717) is 35.3 Å². The van der Waals surface area contributed by atoms with Crippen molar-refractivity contribution in [2.24, 2.45) is 11.7 Å². The van der Waals surface area contributed by atoms with Crippen LogP contribution in [0.4, 0.5) is 5.82 Å². The van der Waals surface area contributed by atoms with Gasteiger partial charge in [-0.15, -0.1) is 11.3 Å². The summed E-state index contributed by atoms with van der Waals surface area (Å²) in [6.07, 6.45) is 13.8. The van der Waals surface area contributed by atoms with Crippen molar-refractivity contribution in [3.63, 3.8) is 0 Å². The van der Waals surface area contributed by atoms with Crippen molar-refractivity contribution < 1.29 is 29.1 Å². The Morgan fingerprint density at radius 1 is 0.971 bits per heavy atom. The van der Waals surface area contributed by atoms with Crippen molar-refractivity contribution in [3.05, 3.63) is 93.9 Å². The van der Waals surface area contributed by atoms with Crippen LogP contribution in [0, 0.1) is 19.8 Å². The Kier molecular flexibility index (Phi) is 18.0. The molecule has 2 aliphatic heterocycles. The van der Waals surface area contributed by atoms with Gasteiger partial charge in [0, 0.05) is 48.9 Å². The lowest BCUT2D eigenvalue weighted by molar-refractivity contribution is -0.141. The van der Waals surface area contributed by atoms with Gasteiger partial charge in [-0.05, 0) is 93.4 Å². The van der Waals surface area contributed by atoms with Crippen LogP contribution in [-0.4, -0.2) is 96.7 Å². The number of β-amino-alcohol motifs (C(OH)–C–C–N with tert-alkyl or cyclic N) is 1. The van der Waals surface area contributed by atoms with Crippen LogP contribution >= 0.6 is 11.3 Å². The van der Waals surface area contributed by atoms with Crippen LogP contribution in [-0.2, 0) is 9.59 Å². The molecule has 7 N–H and O–H groups in total. The summed E-state index contributed by atoms with van der Waals surface area (Å²) in [5, 5.41) is 32.9. The van der Waals surface area contributed by atoms with E-state index in [9.17, 15) is 19.8 Å². The van der Waals surface area contributed by atoms with Crippen molar-refractivity contribution in [1.29, 1.82) is 0 Å². The smallest absolute Gasteiger partial charge is 0.254 e. The van der Waals surface area contributed by atoms with Gasteiger partial charge >= 0.3 is 0 Å². The van der Waals surface area contributed by atoms with Crippen molar-refractivity contribution >= 4 is 40.7 Å². The zero-order valence-corrected chi connectivity index (χ0v) is 41.9. The lowest BCUT2D eigenvalue weighted by Gasteiger charge is -2.32. The molecule has 2 fully saturated rings. The van der Waals surface area contributed by atoms with Crippen LogP contribution in [0.3, 0.4) is 0 Å². The SMILES string of the molecule is Cc1ncsc1-c1ccc([C@H](C)NC(=O)[C@@H]2C[C@@H](O)CN2C(=O)[C@H](c2cc(OCCCCCCCCCCCN3CCC(n4nc(N)c(C)c4/C=C(\N)c4ccccc4O)CC3)no2)C(C)C)cc1. The maximum atomic E-state index is 14.1. The highest BCUT2D eigenvalue weighted by Gasteiger charge is 2.43. The second-order valence-corrected chi connectivity index (χ2v) is 20.2. The van der Waals surface area contributed by atoms with E-state index in [-0.39, 0.29) is 48.5 Å². The number of piperidine rings is 1. The standard InChI is InChI=1S/C53H73N9O6S/c1-34(2)49(53(66)61-32-41(63)29-45(61)52(65)57-36(4)38-19-21-39(22-20-38)50-37(5)56-33-69-50)47-31-48(59-68-47)67-28-16-12-10-8-6-7-9-11-15-25-60-26-23-40(24-27-60)62-44(35(3)51(55)58-62)30-43(54)42-17-13-14-18-46(42)64/h13-14,17-22,30-31,33-34,36,40-41,45,49,63-64H,6-12,15-16,23-29,32,54H2,1-5H3,(H2,55,58)(H,57,65)/b43-30-/t36-,41+,45-,49-/m0/s1. The Labute approximate surface area is 411 Å². The zero-order chi connectivity index (χ0) is 49.0. The number of carbonyl (C=O) groups is 2. The summed E-state index contributed by atoms with van der Waals surface area (Å²) in [7, 11) is 0. The fraction of sp³-hybridized carbons (Fsp3) is 0.528. The number of rotatable bonds is 23. The fourth-order valence-electron chi connectivity index (χ4n) is 9.78. The molecular formula is C53H73N9O6S. The number of aromatic hydroxyl groups is 1. The van der Waals surface area contributed by atoms with Gasteiger partial charge in [-0.2, -0.15) is 5.10 Å². The summed E-state index contributed by atoms with van der Waals surface area (Å²) < 4.78 is 13.7. The largest absolute Gasteiger partial charge is 0.507 e. The number of aromatic nitrogens is 4. The number of phenols is 1. The van der Waals surface area contributed by atoms with Crippen molar-refractivity contribution in [2.45, 2.75) is 142 Å². The molecule has 15 nitrogen and oxygen atoms in total. The number of nitrogens with zero attached hydrogens (tertiary/aromatic N) is 6. The zero-order valence-electron chi connectivity index (χ0n) is 41.1. The average molecular weight is 964 g/mol. The Balaban J connectivity index is 0.756. The van der Waals surface area contributed by atoms with Gasteiger partial charge in [0.25, 0.3) is 5.88 Å². The summed E-state index contributed by atoms with van der Waals surface area (Å²) >= 11 is 1.60. The number of aliphatic hydroxyl groups excluding tert-OH is 1.